The Morgan fingerprint density at radius 2 is 2.12 bits per heavy atom. The van der Waals surface area contributed by atoms with Gasteiger partial charge in [0.05, 0.1) is 6.54 Å². The molecule has 7 nitrogen and oxygen atoms in total. The summed E-state index contributed by atoms with van der Waals surface area (Å²) in [6, 6.07) is -1.02. The minimum absolute atomic E-state index is 0.139. The highest BCUT2D eigenvalue weighted by molar-refractivity contribution is 5.96. The van der Waals surface area contributed by atoms with E-state index in [9.17, 15) is 9.59 Å². The first-order valence-electron chi connectivity index (χ1n) is 5.39. The Bertz CT molecular complexity index is 456. The van der Waals surface area contributed by atoms with Crippen LogP contribution >= 0.6 is 0 Å². The molecule has 1 aliphatic heterocycles. The van der Waals surface area contributed by atoms with E-state index in [2.05, 4.69) is 15.5 Å². The maximum atomic E-state index is 11.9. The molecule has 2 amide bonds. The number of hydrogen-bond donors (Lipinski definition) is 1. The molecule has 1 aliphatic rings. The molecule has 0 aromatic carbocycles. The number of hydrogen-bond acceptors (Lipinski definition) is 5. The molecule has 1 aromatic heterocycles. The van der Waals surface area contributed by atoms with E-state index in [1.54, 1.807) is 20.8 Å². The quantitative estimate of drug-likeness (QED) is 0.758. The number of aromatic nitrogens is 2. The van der Waals surface area contributed by atoms with Crippen molar-refractivity contribution < 1.29 is 14.1 Å². The van der Waals surface area contributed by atoms with E-state index >= 15 is 0 Å². The summed E-state index contributed by atoms with van der Waals surface area (Å²) in [4.78, 5) is 29.0. The van der Waals surface area contributed by atoms with Gasteiger partial charge >= 0.3 is 0 Å². The maximum absolute atomic E-state index is 11.9. The zero-order valence-electron chi connectivity index (χ0n) is 9.93. The summed E-state index contributed by atoms with van der Waals surface area (Å²) in [5, 5.41) is 6.32. The fourth-order valence-electron chi connectivity index (χ4n) is 1.75. The van der Waals surface area contributed by atoms with Crippen LogP contribution in [0.1, 0.15) is 25.6 Å². The van der Waals surface area contributed by atoms with Crippen LogP contribution in [-0.4, -0.2) is 38.9 Å². The topological polar surface area (TPSA) is 88.3 Å². The van der Waals surface area contributed by atoms with E-state index in [0.717, 1.165) is 0 Å². The van der Waals surface area contributed by atoms with Gasteiger partial charge in [-0.25, -0.2) is 0 Å². The van der Waals surface area contributed by atoms with E-state index in [4.69, 9.17) is 4.52 Å². The molecule has 2 atom stereocenters. The lowest BCUT2D eigenvalue weighted by Gasteiger charge is -2.35. The Balaban J connectivity index is 2.17. The van der Waals surface area contributed by atoms with Gasteiger partial charge in [-0.1, -0.05) is 5.16 Å². The molecule has 0 bridgehead atoms. The van der Waals surface area contributed by atoms with Gasteiger partial charge in [-0.2, -0.15) is 4.98 Å². The summed E-state index contributed by atoms with van der Waals surface area (Å²) in [6.07, 6.45) is 0. The molecule has 1 saturated heterocycles. The second kappa shape index (κ2) is 4.15. The number of carbonyl (C=O) groups excluding carboxylic acids is 2. The summed E-state index contributed by atoms with van der Waals surface area (Å²) in [5.74, 6) is 0.538. The van der Waals surface area contributed by atoms with Crippen LogP contribution < -0.4 is 5.32 Å². The van der Waals surface area contributed by atoms with Crippen molar-refractivity contribution in [3.63, 3.8) is 0 Å². The van der Waals surface area contributed by atoms with Gasteiger partial charge in [-0.15, -0.1) is 0 Å². The molecular weight excluding hydrogens is 224 g/mol. The molecule has 92 valence electrons. The lowest BCUT2D eigenvalue weighted by Crippen LogP contribution is -2.61. The number of nitrogens with one attached hydrogen (secondary N) is 1. The van der Waals surface area contributed by atoms with Crippen molar-refractivity contribution in [2.45, 2.75) is 39.4 Å². The van der Waals surface area contributed by atoms with E-state index in [1.165, 1.54) is 4.90 Å². The van der Waals surface area contributed by atoms with Crippen LogP contribution in [0.2, 0.25) is 0 Å². The molecule has 0 saturated carbocycles. The minimum atomic E-state index is -0.516. The van der Waals surface area contributed by atoms with Crippen molar-refractivity contribution in [3.8, 4) is 0 Å². The Morgan fingerprint density at radius 1 is 1.41 bits per heavy atom. The van der Waals surface area contributed by atoms with Crippen molar-refractivity contribution >= 4 is 11.8 Å². The minimum Gasteiger partial charge on any atom is -0.343 e. The van der Waals surface area contributed by atoms with Crippen molar-refractivity contribution in [2.24, 2.45) is 0 Å². The first-order valence-corrected chi connectivity index (χ1v) is 5.39. The highest BCUT2D eigenvalue weighted by atomic mass is 16.5. The Labute approximate surface area is 98.2 Å². The van der Waals surface area contributed by atoms with Gasteiger partial charge in [-0.05, 0) is 13.8 Å². The number of rotatable bonds is 2. The Kier molecular flexibility index (Phi) is 2.83. The third-order valence-electron chi connectivity index (χ3n) is 2.74. The third kappa shape index (κ3) is 2.13. The maximum Gasteiger partial charge on any atom is 0.245 e. The van der Waals surface area contributed by atoms with Gasteiger partial charge in [0.1, 0.15) is 12.1 Å². The number of nitrogens with zero attached hydrogens (tertiary/aromatic N) is 3. The van der Waals surface area contributed by atoms with Gasteiger partial charge in [0, 0.05) is 6.92 Å². The molecule has 1 aromatic rings. The zero-order chi connectivity index (χ0) is 12.6. The molecule has 17 heavy (non-hydrogen) atoms. The van der Waals surface area contributed by atoms with Gasteiger partial charge in [0.15, 0.2) is 5.82 Å². The Morgan fingerprint density at radius 3 is 2.71 bits per heavy atom. The van der Waals surface area contributed by atoms with Crippen LogP contribution in [0.3, 0.4) is 0 Å². The first-order chi connectivity index (χ1) is 7.99. The molecule has 7 heteroatoms. The first kappa shape index (κ1) is 11.6. The van der Waals surface area contributed by atoms with E-state index < -0.39 is 12.1 Å². The molecule has 0 radical (unpaired) electrons. The van der Waals surface area contributed by atoms with Crippen molar-refractivity contribution in [1.82, 2.24) is 20.4 Å². The SMILES string of the molecule is Cc1nc(CN2C(=O)C(C)NC(=O)C2C)no1. The molecule has 2 heterocycles. The molecule has 2 rings (SSSR count). The molecule has 1 fully saturated rings. The number of piperazine rings is 1. The highest BCUT2D eigenvalue weighted by Gasteiger charge is 2.36. The van der Waals surface area contributed by atoms with E-state index in [-0.39, 0.29) is 18.4 Å². The summed E-state index contributed by atoms with van der Waals surface area (Å²) < 4.78 is 4.83. The van der Waals surface area contributed by atoms with Gasteiger partial charge in [0.2, 0.25) is 17.7 Å². The predicted octanol–water partition coefficient (Wildman–Crippen LogP) is -0.387. The van der Waals surface area contributed by atoms with Crippen LogP contribution in [0.4, 0.5) is 0 Å². The average molecular weight is 238 g/mol. The smallest absolute Gasteiger partial charge is 0.245 e. The summed E-state index contributed by atoms with van der Waals surface area (Å²) in [5.41, 5.74) is 0. The fraction of sp³-hybridized carbons (Fsp3) is 0.600. The second-order valence-corrected chi connectivity index (χ2v) is 4.10. The molecule has 2 unspecified atom stereocenters. The van der Waals surface area contributed by atoms with Crippen LogP contribution in [0.25, 0.3) is 0 Å². The second-order valence-electron chi connectivity index (χ2n) is 4.10. The summed E-state index contributed by atoms with van der Waals surface area (Å²) in [6.45, 7) is 5.19. The van der Waals surface area contributed by atoms with Gasteiger partial charge in [-0.3, -0.25) is 9.59 Å². The van der Waals surface area contributed by atoms with Crippen LogP contribution in [-0.2, 0) is 16.1 Å². The highest BCUT2D eigenvalue weighted by Crippen LogP contribution is 2.12. The largest absolute Gasteiger partial charge is 0.343 e. The normalized spacial score (nSPS) is 25.0. The van der Waals surface area contributed by atoms with Crippen LogP contribution in [0, 0.1) is 6.92 Å². The van der Waals surface area contributed by atoms with Crippen molar-refractivity contribution in [2.75, 3.05) is 0 Å². The molecule has 0 spiro atoms. The summed E-state index contributed by atoms with van der Waals surface area (Å²) in [7, 11) is 0. The fourth-order valence-corrected chi connectivity index (χ4v) is 1.75. The van der Waals surface area contributed by atoms with Crippen LogP contribution in [0.15, 0.2) is 4.52 Å². The van der Waals surface area contributed by atoms with Crippen molar-refractivity contribution in [1.29, 1.82) is 0 Å². The van der Waals surface area contributed by atoms with Gasteiger partial charge in [0.25, 0.3) is 0 Å². The zero-order valence-corrected chi connectivity index (χ0v) is 9.93. The van der Waals surface area contributed by atoms with E-state index in [1.807, 2.05) is 0 Å². The van der Waals surface area contributed by atoms with E-state index in [0.29, 0.717) is 11.7 Å². The predicted molar refractivity (Wildman–Crippen MR) is 56.7 cm³/mol. The van der Waals surface area contributed by atoms with Gasteiger partial charge < -0.3 is 14.7 Å². The Hall–Kier alpha value is -1.92. The molecule has 1 N–H and O–H groups in total. The third-order valence-corrected chi connectivity index (χ3v) is 2.74. The molecule has 0 aliphatic carbocycles. The lowest BCUT2D eigenvalue weighted by atomic mass is 10.1. The standard InChI is InChI=1S/C10H14N4O3/c1-5-10(16)14(6(2)9(15)11-5)4-8-12-7(3)17-13-8/h5-6H,4H2,1-3H3,(H,11,15). The summed E-state index contributed by atoms with van der Waals surface area (Å²) >= 11 is 0. The lowest BCUT2D eigenvalue weighted by molar-refractivity contribution is -0.148. The van der Waals surface area contributed by atoms with Crippen LogP contribution in [0.5, 0.6) is 0 Å². The molecular formula is C10H14N4O3. The number of aryl methyl sites for hydroxylation is 1. The monoisotopic (exact) mass is 238 g/mol. The van der Waals surface area contributed by atoms with Crippen molar-refractivity contribution in [3.05, 3.63) is 11.7 Å². The number of carbonyl (C=O) groups is 2. The number of amides is 2. The average Bonchev–Trinajstić information content (AvgIpc) is 2.68.